The van der Waals surface area contributed by atoms with E-state index in [-0.39, 0.29) is 6.10 Å². The van der Waals surface area contributed by atoms with Gasteiger partial charge < -0.3 is 15.4 Å². The molecule has 4 heteroatoms. The first-order valence-electron chi connectivity index (χ1n) is 7.41. The number of benzene rings is 1. The fourth-order valence-corrected chi connectivity index (χ4v) is 2.69. The Balaban J connectivity index is 2.20. The van der Waals surface area contributed by atoms with Crippen LogP contribution in [0.15, 0.2) is 18.2 Å². The normalized spacial score (nSPS) is 24.2. The van der Waals surface area contributed by atoms with Gasteiger partial charge in [0, 0.05) is 36.9 Å². The third kappa shape index (κ3) is 3.18. The molecule has 0 aromatic heterocycles. The Labute approximate surface area is 122 Å². The van der Waals surface area contributed by atoms with Crippen LogP contribution in [0.2, 0.25) is 0 Å². The molecule has 20 heavy (non-hydrogen) atoms. The molecule has 1 fully saturated rings. The Hall–Kier alpha value is -1.42. The Kier molecular flexibility index (Phi) is 4.43. The first kappa shape index (κ1) is 15.0. The first-order chi connectivity index (χ1) is 9.38. The van der Waals surface area contributed by atoms with Crippen molar-refractivity contribution >= 4 is 11.4 Å². The molecule has 1 heterocycles. The highest BCUT2D eigenvalue weighted by Crippen LogP contribution is 2.30. The quantitative estimate of drug-likeness (QED) is 0.862. The number of ether oxygens (including phenoxy) is 1. The van der Waals surface area contributed by atoms with Crippen molar-refractivity contribution < 1.29 is 4.74 Å². The number of hydrogen-bond donors (Lipinski definition) is 1. The van der Waals surface area contributed by atoms with Gasteiger partial charge in [-0.25, -0.2) is 0 Å². The number of hydrogen-bond acceptors (Lipinski definition) is 4. The number of nitrogen functional groups attached to an aromatic ring is 1. The summed E-state index contributed by atoms with van der Waals surface area (Å²) in [7, 11) is 2.20. The van der Waals surface area contributed by atoms with E-state index in [4.69, 9.17) is 10.5 Å². The highest BCUT2D eigenvalue weighted by molar-refractivity contribution is 5.62. The maximum absolute atomic E-state index is 5.99. The van der Waals surface area contributed by atoms with Crippen LogP contribution in [0.1, 0.15) is 27.7 Å². The average molecular weight is 277 g/mol. The second-order valence-electron chi connectivity index (χ2n) is 6.16. The number of nitrogens with two attached hydrogens (primary N) is 1. The molecule has 1 aromatic rings. The summed E-state index contributed by atoms with van der Waals surface area (Å²) in [5.41, 5.74) is 7.89. The van der Waals surface area contributed by atoms with Crippen LogP contribution in [-0.2, 0) is 0 Å². The van der Waals surface area contributed by atoms with E-state index in [1.54, 1.807) is 0 Å². The molecule has 2 unspecified atom stereocenters. The van der Waals surface area contributed by atoms with Crippen molar-refractivity contribution in [3.8, 4) is 5.75 Å². The number of piperazine rings is 1. The summed E-state index contributed by atoms with van der Waals surface area (Å²) >= 11 is 0. The van der Waals surface area contributed by atoms with E-state index in [2.05, 4.69) is 42.8 Å². The van der Waals surface area contributed by atoms with Crippen LogP contribution >= 0.6 is 0 Å². The minimum Gasteiger partial charge on any atom is -0.489 e. The van der Waals surface area contributed by atoms with Crippen LogP contribution in [0, 0.1) is 0 Å². The Morgan fingerprint density at radius 1 is 1.20 bits per heavy atom. The predicted molar refractivity (Wildman–Crippen MR) is 85.5 cm³/mol. The van der Waals surface area contributed by atoms with Gasteiger partial charge in [-0.3, -0.25) is 4.90 Å². The third-order valence-electron chi connectivity index (χ3n) is 4.08. The van der Waals surface area contributed by atoms with Crippen LogP contribution in [0.4, 0.5) is 11.4 Å². The summed E-state index contributed by atoms with van der Waals surface area (Å²) in [5, 5.41) is 0. The molecule has 4 nitrogen and oxygen atoms in total. The fraction of sp³-hybridized carbons (Fsp3) is 0.625. The lowest BCUT2D eigenvalue weighted by Crippen LogP contribution is -2.55. The van der Waals surface area contributed by atoms with Crippen LogP contribution in [0.3, 0.4) is 0 Å². The molecule has 1 aliphatic rings. The molecule has 1 aromatic carbocycles. The fourth-order valence-electron chi connectivity index (χ4n) is 2.69. The van der Waals surface area contributed by atoms with E-state index < -0.39 is 0 Å². The van der Waals surface area contributed by atoms with Crippen molar-refractivity contribution in [1.82, 2.24) is 4.90 Å². The minimum absolute atomic E-state index is 0.137. The van der Waals surface area contributed by atoms with E-state index in [9.17, 15) is 0 Å². The topological polar surface area (TPSA) is 41.7 Å². The zero-order valence-electron chi connectivity index (χ0n) is 13.3. The van der Waals surface area contributed by atoms with Crippen LogP contribution in [0.25, 0.3) is 0 Å². The van der Waals surface area contributed by atoms with Gasteiger partial charge in [0.1, 0.15) is 5.75 Å². The Bertz CT molecular complexity index is 449. The van der Waals surface area contributed by atoms with Gasteiger partial charge in [0.25, 0.3) is 0 Å². The lowest BCUT2D eigenvalue weighted by Gasteiger charge is -2.43. The molecule has 0 saturated carbocycles. The molecule has 2 N–H and O–H groups in total. The van der Waals surface area contributed by atoms with Crippen molar-refractivity contribution in [1.29, 1.82) is 0 Å². The van der Waals surface area contributed by atoms with Crippen LogP contribution in [-0.4, -0.2) is 43.2 Å². The zero-order valence-corrected chi connectivity index (χ0v) is 13.3. The van der Waals surface area contributed by atoms with Gasteiger partial charge in [0.05, 0.1) is 11.8 Å². The van der Waals surface area contributed by atoms with Crippen molar-refractivity contribution in [3.05, 3.63) is 18.2 Å². The molecular weight excluding hydrogens is 250 g/mol. The monoisotopic (exact) mass is 277 g/mol. The molecule has 0 spiro atoms. The lowest BCUT2D eigenvalue weighted by molar-refractivity contribution is 0.170. The Morgan fingerprint density at radius 3 is 2.35 bits per heavy atom. The molecule has 0 radical (unpaired) electrons. The second-order valence-corrected chi connectivity index (χ2v) is 6.16. The largest absolute Gasteiger partial charge is 0.489 e. The predicted octanol–water partition coefficient (Wildman–Crippen LogP) is 2.58. The summed E-state index contributed by atoms with van der Waals surface area (Å²) in [6.07, 6.45) is 0.137. The number of likely N-dealkylation sites (N-methyl/N-ethyl adjacent to an activating group) is 1. The summed E-state index contributed by atoms with van der Waals surface area (Å²) in [4.78, 5) is 4.85. The van der Waals surface area contributed by atoms with E-state index in [1.165, 1.54) is 5.69 Å². The highest BCUT2D eigenvalue weighted by atomic mass is 16.5. The third-order valence-corrected chi connectivity index (χ3v) is 4.08. The smallest absolute Gasteiger partial charge is 0.144 e. The molecule has 0 bridgehead atoms. The number of nitrogens with zero attached hydrogens (tertiary/aromatic N) is 2. The molecule has 2 atom stereocenters. The summed E-state index contributed by atoms with van der Waals surface area (Å²) in [5.74, 6) is 0.789. The molecule has 2 rings (SSSR count). The Morgan fingerprint density at radius 2 is 1.80 bits per heavy atom. The van der Waals surface area contributed by atoms with Gasteiger partial charge in [0.15, 0.2) is 0 Å². The van der Waals surface area contributed by atoms with E-state index in [0.29, 0.717) is 17.8 Å². The molecule has 1 saturated heterocycles. The zero-order chi connectivity index (χ0) is 14.9. The van der Waals surface area contributed by atoms with Gasteiger partial charge in [0.2, 0.25) is 0 Å². The van der Waals surface area contributed by atoms with Gasteiger partial charge in [-0.2, -0.15) is 0 Å². The average Bonchev–Trinajstić information content (AvgIpc) is 2.37. The molecule has 0 amide bonds. The number of rotatable bonds is 3. The molecular formula is C16H27N3O. The van der Waals surface area contributed by atoms with Crippen molar-refractivity contribution in [2.75, 3.05) is 30.8 Å². The van der Waals surface area contributed by atoms with Crippen molar-refractivity contribution in [2.45, 2.75) is 45.9 Å². The van der Waals surface area contributed by atoms with Crippen LogP contribution < -0.4 is 15.4 Å². The highest BCUT2D eigenvalue weighted by Gasteiger charge is 2.26. The lowest BCUT2D eigenvalue weighted by atomic mass is 10.1. The second kappa shape index (κ2) is 5.92. The van der Waals surface area contributed by atoms with Crippen molar-refractivity contribution in [2.24, 2.45) is 0 Å². The summed E-state index contributed by atoms with van der Waals surface area (Å²) in [6, 6.07) is 7.20. The maximum atomic E-state index is 5.99. The maximum Gasteiger partial charge on any atom is 0.144 e. The van der Waals surface area contributed by atoms with E-state index in [0.717, 1.165) is 18.8 Å². The van der Waals surface area contributed by atoms with Gasteiger partial charge in [-0.1, -0.05) is 0 Å². The van der Waals surface area contributed by atoms with Gasteiger partial charge in [-0.05, 0) is 46.9 Å². The minimum atomic E-state index is 0.137. The molecule has 1 aliphatic heterocycles. The standard InChI is InChI=1S/C16H27N3O/c1-11(2)20-16-8-14(6-7-15(16)17)19-9-12(3)18(5)13(4)10-19/h6-8,11-13H,9-10,17H2,1-5H3. The summed E-state index contributed by atoms with van der Waals surface area (Å²) in [6.45, 7) is 10.6. The molecule has 112 valence electrons. The van der Waals surface area contributed by atoms with Crippen LogP contribution in [0.5, 0.6) is 5.75 Å². The first-order valence-corrected chi connectivity index (χ1v) is 7.41. The van der Waals surface area contributed by atoms with Gasteiger partial charge >= 0.3 is 0 Å². The molecule has 0 aliphatic carbocycles. The number of anilines is 2. The van der Waals surface area contributed by atoms with Gasteiger partial charge in [-0.15, -0.1) is 0 Å². The summed E-state index contributed by atoms with van der Waals surface area (Å²) < 4.78 is 5.79. The van der Waals surface area contributed by atoms with E-state index in [1.807, 2.05) is 19.9 Å². The van der Waals surface area contributed by atoms with E-state index >= 15 is 0 Å². The SMILES string of the molecule is CC(C)Oc1cc(N2CC(C)N(C)C(C)C2)ccc1N. The van der Waals surface area contributed by atoms with Crippen molar-refractivity contribution in [3.63, 3.8) is 0 Å².